The monoisotopic (exact) mass is 298 g/mol. The van der Waals surface area contributed by atoms with Gasteiger partial charge in [-0.1, -0.05) is 0 Å². The highest BCUT2D eigenvalue weighted by Crippen LogP contribution is 2.27. The molecule has 0 aliphatic carbocycles. The summed E-state index contributed by atoms with van der Waals surface area (Å²) in [5.74, 6) is -0.644. The van der Waals surface area contributed by atoms with Crippen LogP contribution in [0.1, 0.15) is 10.4 Å². The maximum atomic E-state index is 13.1. The van der Waals surface area contributed by atoms with Crippen molar-refractivity contribution in [1.82, 2.24) is 9.29 Å². The summed E-state index contributed by atoms with van der Waals surface area (Å²) in [4.78, 5) is 4.74. The van der Waals surface area contributed by atoms with Crippen molar-refractivity contribution in [2.45, 2.75) is 17.9 Å². The average Bonchev–Trinajstić information content (AvgIpc) is 2.85. The maximum Gasteiger partial charge on any atom is 0.245 e. The van der Waals surface area contributed by atoms with E-state index < -0.39 is 15.8 Å². The van der Waals surface area contributed by atoms with Crippen LogP contribution in [-0.4, -0.2) is 24.3 Å². The zero-order valence-corrected chi connectivity index (χ0v) is 11.5. The second-order valence-electron chi connectivity index (χ2n) is 4.30. The highest BCUT2D eigenvalue weighted by atomic mass is 32.2. The Kier molecular flexibility index (Phi) is 3.12. The third kappa shape index (κ3) is 2.29. The number of aromatic nitrogens is 1. The molecule has 0 radical (unpaired) electrons. The van der Waals surface area contributed by atoms with Gasteiger partial charge in [0.15, 0.2) is 0 Å². The number of sulfonamides is 1. The summed E-state index contributed by atoms with van der Waals surface area (Å²) in [6.45, 7) is 0.768. The Bertz CT molecular complexity index is 712. The van der Waals surface area contributed by atoms with Crippen molar-refractivity contribution in [2.24, 2.45) is 0 Å². The minimum absolute atomic E-state index is 0.0915. The van der Waals surface area contributed by atoms with Gasteiger partial charge in [0.2, 0.25) is 10.0 Å². The van der Waals surface area contributed by atoms with Crippen molar-refractivity contribution in [2.75, 3.05) is 6.54 Å². The molecule has 100 valence electrons. The van der Waals surface area contributed by atoms with E-state index in [1.54, 1.807) is 11.3 Å². The lowest BCUT2D eigenvalue weighted by atomic mass is 10.1. The smallest absolute Gasteiger partial charge is 0.245 e. The van der Waals surface area contributed by atoms with E-state index in [2.05, 4.69) is 4.98 Å². The summed E-state index contributed by atoms with van der Waals surface area (Å²) in [5, 5.41) is 1.96. The molecule has 0 saturated heterocycles. The van der Waals surface area contributed by atoms with Gasteiger partial charge in [0.05, 0.1) is 6.20 Å². The molecule has 1 aliphatic rings. The molecule has 2 aromatic rings. The first-order chi connectivity index (χ1) is 9.07. The predicted molar refractivity (Wildman–Crippen MR) is 69.8 cm³/mol. The van der Waals surface area contributed by atoms with Gasteiger partial charge in [-0.25, -0.2) is 12.8 Å². The van der Waals surface area contributed by atoms with Crippen LogP contribution >= 0.6 is 11.3 Å². The molecule has 19 heavy (non-hydrogen) atoms. The van der Waals surface area contributed by atoms with E-state index in [0.717, 1.165) is 17.8 Å². The van der Waals surface area contributed by atoms with Gasteiger partial charge in [0.1, 0.15) is 10.7 Å². The van der Waals surface area contributed by atoms with Gasteiger partial charge in [-0.2, -0.15) is 4.31 Å². The molecule has 0 bridgehead atoms. The Labute approximate surface area is 114 Å². The Hall–Kier alpha value is -1.31. The summed E-state index contributed by atoms with van der Waals surface area (Å²) in [6, 6.07) is 2.94. The first-order valence-electron chi connectivity index (χ1n) is 5.73. The molecule has 0 N–H and O–H groups in total. The fourth-order valence-electron chi connectivity index (χ4n) is 2.11. The number of fused-ring (bicyclic) bond motifs is 1. The lowest BCUT2D eigenvalue weighted by Gasteiger charge is -2.26. The van der Waals surface area contributed by atoms with Crippen LogP contribution in [0.15, 0.2) is 34.8 Å². The van der Waals surface area contributed by atoms with Gasteiger partial charge in [-0.05, 0) is 29.5 Å². The quantitative estimate of drug-likeness (QED) is 0.852. The van der Waals surface area contributed by atoms with Crippen molar-refractivity contribution in [3.05, 3.63) is 46.2 Å². The molecule has 3 rings (SSSR count). The van der Waals surface area contributed by atoms with E-state index in [9.17, 15) is 12.8 Å². The topological polar surface area (TPSA) is 50.3 Å². The van der Waals surface area contributed by atoms with E-state index >= 15 is 0 Å². The standard InChI is InChI=1S/C12H11FN2O2S2/c13-10-5-11(7-14-6-10)19(16,17)15-3-1-12-9(8-15)2-4-18-12/h2,4-7H,1,3,8H2. The second kappa shape index (κ2) is 4.66. The molecule has 0 saturated carbocycles. The number of hydrogen-bond donors (Lipinski definition) is 0. The highest BCUT2D eigenvalue weighted by Gasteiger charge is 2.29. The largest absolute Gasteiger partial charge is 0.260 e. The number of hydrogen-bond acceptors (Lipinski definition) is 4. The van der Waals surface area contributed by atoms with Gasteiger partial charge < -0.3 is 0 Å². The van der Waals surface area contributed by atoms with Crippen molar-refractivity contribution in [1.29, 1.82) is 0 Å². The van der Waals surface area contributed by atoms with Crippen LogP contribution in [-0.2, 0) is 23.0 Å². The summed E-state index contributed by atoms with van der Waals surface area (Å²) in [6.07, 6.45) is 2.88. The van der Waals surface area contributed by atoms with Crippen molar-refractivity contribution in [3.8, 4) is 0 Å². The van der Waals surface area contributed by atoms with E-state index in [0.29, 0.717) is 19.5 Å². The second-order valence-corrected chi connectivity index (χ2v) is 7.24. The van der Waals surface area contributed by atoms with Crippen LogP contribution < -0.4 is 0 Å². The molecular formula is C12H11FN2O2S2. The molecule has 0 fully saturated rings. The van der Waals surface area contributed by atoms with Crippen LogP contribution in [0.4, 0.5) is 4.39 Å². The fraction of sp³-hybridized carbons (Fsp3) is 0.250. The van der Waals surface area contributed by atoms with Crippen LogP contribution in [0.3, 0.4) is 0 Å². The number of pyridine rings is 1. The Morgan fingerprint density at radius 3 is 3.00 bits per heavy atom. The predicted octanol–water partition coefficient (Wildman–Crippen LogP) is 2.03. The first kappa shape index (κ1) is 12.7. The Morgan fingerprint density at radius 2 is 2.21 bits per heavy atom. The molecule has 4 nitrogen and oxygen atoms in total. The van der Waals surface area contributed by atoms with E-state index in [1.807, 2.05) is 11.4 Å². The molecule has 0 atom stereocenters. The minimum atomic E-state index is -3.67. The number of rotatable bonds is 2. The number of nitrogens with zero attached hydrogens (tertiary/aromatic N) is 2. The van der Waals surface area contributed by atoms with Gasteiger partial charge in [0.25, 0.3) is 0 Å². The molecule has 3 heterocycles. The van der Waals surface area contributed by atoms with E-state index in [4.69, 9.17) is 0 Å². The zero-order chi connectivity index (χ0) is 13.5. The number of thiophene rings is 1. The molecule has 0 unspecified atom stereocenters. The molecule has 0 spiro atoms. The minimum Gasteiger partial charge on any atom is -0.260 e. The molecule has 1 aliphatic heterocycles. The lowest BCUT2D eigenvalue weighted by Crippen LogP contribution is -2.35. The third-order valence-corrected chi connectivity index (χ3v) is 5.92. The third-order valence-electron chi connectivity index (χ3n) is 3.09. The summed E-state index contributed by atoms with van der Waals surface area (Å²) >= 11 is 1.64. The highest BCUT2D eigenvalue weighted by molar-refractivity contribution is 7.89. The van der Waals surface area contributed by atoms with Crippen molar-refractivity contribution in [3.63, 3.8) is 0 Å². The Morgan fingerprint density at radius 1 is 1.37 bits per heavy atom. The van der Waals surface area contributed by atoms with Gasteiger partial charge in [-0.3, -0.25) is 4.98 Å². The average molecular weight is 298 g/mol. The lowest BCUT2D eigenvalue weighted by molar-refractivity contribution is 0.393. The molecule has 0 amide bonds. The SMILES string of the molecule is O=S(=O)(c1cncc(F)c1)N1CCc2sccc2C1. The molecule has 7 heteroatoms. The zero-order valence-electron chi connectivity index (χ0n) is 9.91. The van der Waals surface area contributed by atoms with Gasteiger partial charge in [0, 0.05) is 24.2 Å². The summed E-state index contributed by atoms with van der Waals surface area (Å²) in [7, 11) is -3.67. The van der Waals surface area contributed by atoms with E-state index in [-0.39, 0.29) is 4.90 Å². The molecule has 2 aromatic heterocycles. The maximum absolute atomic E-state index is 13.1. The normalized spacial score (nSPS) is 16.3. The summed E-state index contributed by atoms with van der Waals surface area (Å²) in [5.41, 5.74) is 1.03. The van der Waals surface area contributed by atoms with E-state index in [1.165, 1.54) is 15.4 Å². The van der Waals surface area contributed by atoms with Crippen molar-refractivity contribution < 1.29 is 12.8 Å². The molecule has 0 aromatic carbocycles. The van der Waals surface area contributed by atoms with Crippen LogP contribution in [0.2, 0.25) is 0 Å². The Balaban J connectivity index is 1.94. The number of halogens is 1. The fourth-order valence-corrected chi connectivity index (χ4v) is 4.39. The van der Waals surface area contributed by atoms with Gasteiger partial charge in [-0.15, -0.1) is 11.3 Å². The molecular weight excluding hydrogens is 287 g/mol. The van der Waals surface area contributed by atoms with Crippen LogP contribution in [0, 0.1) is 5.82 Å². The van der Waals surface area contributed by atoms with Gasteiger partial charge >= 0.3 is 0 Å². The van der Waals surface area contributed by atoms with Crippen LogP contribution in [0.5, 0.6) is 0 Å². The van der Waals surface area contributed by atoms with Crippen molar-refractivity contribution >= 4 is 21.4 Å². The first-order valence-corrected chi connectivity index (χ1v) is 8.05. The summed E-state index contributed by atoms with van der Waals surface area (Å²) < 4.78 is 39.3. The van der Waals surface area contributed by atoms with Crippen LogP contribution in [0.25, 0.3) is 0 Å².